The van der Waals surface area contributed by atoms with E-state index in [2.05, 4.69) is 12.6 Å². The number of hydrogen-bond donors (Lipinski definition) is 1. The lowest BCUT2D eigenvalue weighted by Crippen LogP contribution is -2.10. The summed E-state index contributed by atoms with van der Waals surface area (Å²) < 4.78 is 1.57. The second-order valence-electron chi connectivity index (χ2n) is 1.81. The van der Waals surface area contributed by atoms with Gasteiger partial charge in [0.15, 0.2) is 0 Å². The predicted molar refractivity (Wildman–Crippen MR) is 47.1 cm³/mol. The monoisotopic (exact) mass is 150 g/mol. The summed E-state index contributed by atoms with van der Waals surface area (Å²) in [6, 6.07) is 0. The maximum Gasteiger partial charge on any atom is 0.129 e. The smallest absolute Gasteiger partial charge is 0.129 e. The van der Waals surface area contributed by atoms with Crippen molar-refractivity contribution in [2.75, 3.05) is 0 Å². The molecular weight excluding hydrogens is 146 g/mol. The third-order valence-corrected chi connectivity index (χ3v) is 2.66. The summed E-state index contributed by atoms with van der Waals surface area (Å²) in [5.74, 6) is 0. The fourth-order valence-electron chi connectivity index (χ4n) is 0.529. The molecule has 0 aliphatic heterocycles. The summed E-state index contributed by atoms with van der Waals surface area (Å²) in [4.78, 5) is 0. The molecule has 0 saturated carbocycles. The van der Waals surface area contributed by atoms with Crippen LogP contribution in [0.5, 0.6) is 0 Å². The molecule has 0 bridgehead atoms. The first-order chi connectivity index (χ1) is 4.13. The van der Waals surface area contributed by atoms with E-state index in [1.165, 1.54) is 11.3 Å². The molecule has 0 spiro atoms. The van der Waals surface area contributed by atoms with Crippen LogP contribution < -0.4 is 10.2 Å². The molecule has 0 N–H and O–H groups in total. The highest BCUT2D eigenvalue weighted by molar-refractivity contribution is 7.83. The van der Waals surface area contributed by atoms with E-state index in [1.807, 2.05) is 6.92 Å². The number of rotatable bonds is 0. The average Bonchev–Trinajstić information content (AvgIpc) is 1.98. The van der Waals surface area contributed by atoms with Crippen molar-refractivity contribution in [1.29, 1.82) is 0 Å². The van der Waals surface area contributed by atoms with E-state index < -0.39 is 0 Å². The van der Waals surface area contributed by atoms with Gasteiger partial charge < -0.3 is 0 Å². The molecule has 0 fully saturated rings. The first kappa shape index (κ1) is 7.29. The Hall–Kier alpha value is 0.180. The minimum absolute atomic E-state index is 0.709. The van der Waals surface area contributed by atoms with Crippen LogP contribution in [0.15, 0.2) is 4.21 Å². The lowest BCUT2D eigenvalue weighted by atomic mass is 9.90. The summed E-state index contributed by atoms with van der Waals surface area (Å²) in [6.45, 7) is 1.89. The first-order valence-corrected chi connectivity index (χ1v) is 3.72. The quantitative estimate of drug-likeness (QED) is 0.388. The maximum atomic E-state index is 5.56. The van der Waals surface area contributed by atoms with E-state index in [1.54, 1.807) is 0 Å². The predicted octanol–water partition coefficient (Wildman–Crippen LogP) is -0.0672. The van der Waals surface area contributed by atoms with Crippen LogP contribution >= 0.6 is 24.0 Å². The zero-order valence-electron chi connectivity index (χ0n) is 5.01. The van der Waals surface area contributed by atoms with Gasteiger partial charge in [0.1, 0.15) is 15.7 Å². The van der Waals surface area contributed by atoms with E-state index in [0.29, 0.717) is 5.46 Å². The fraction of sp³-hybridized carbons (Fsp3) is 0.200. The normalized spacial score (nSPS) is 10.0. The Kier molecular flexibility index (Phi) is 1.97. The second-order valence-corrected chi connectivity index (χ2v) is 3.61. The van der Waals surface area contributed by atoms with Crippen molar-refractivity contribution in [3.05, 3.63) is 5.56 Å². The zero-order chi connectivity index (χ0) is 7.02. The minimum atomic E-state index is 0.709. The Labute approximate surface area is 66.9 Å². The van der Waals surface area contributed by atoms with Crippen LogP contribution in [0.4, 0.5) is 0 Å². The van der Waals surface area contributed by atoms with Gasteiger partial charge in [0.2, 0.25) is 0 Å². The van der Waals surface area contributed by atoms with Gasteiger partial charge in [-0.25, -0.2) is 0 Å². The second kappa shape index (κ2) is 2.43. The van der Waals surface area contributed by atoms with Gasteiger partial charge in [-0.05, 0) is 11.7 Å². The molecule has 0 nitrogen and oxygen atoms in total. The van der Waals surface area contributed by atoms with Gasteiger partial charge in [-0.3, -0.25) is 0 Å². The van der Waals surface area contributed by atoms with Gasteiger partial charge in [0.05, 0.1) is 0 Å². The van der Waals surface area contributed by atoms with Gasteiger partial charge in [-0.2, -0.15) is 0 Å². The van der Waals surface area contributed by atoms with Crippen LogP contribution in [0.2, 0.25) is 0 Å². The molecule has 4 heteroatoms. The average molecular weight is 150 g/mol. The minimum Gasteiger partial charge on any atom is -0.146 e. The van der Waals surface area contributed by atoms with Crippen LogP contribution in [-0.2, 0) is 0 Å². The van der Waals surface area contributed by atoms with Crippen molar-refractivity contribution in [1.82, 2.24) is 0 Å². The fourth-order valence-corrected chi connectivity index (χ4v) is 1.73. The molecule has 1 aromatic rings. The summed E-state index contributed by atoms with van der Waals surface area (Å²) in [6.07, 6.45) is 0. The van der Waals surface area contributed by atoms with Crippen LogP contribution in [0.25, 0.3) is 0 Å². The molecule has 1 rings (SSSR count). The van der Waals surface area contributed by atoms with Crippen molar-refractivity contribution >= 4 is 49.9 Å². The van der Waals surface area contributed by atoms with Crippen molar-refractivity contribution in [3.8, 4) is 0 Å². The van der Waals surface area contributed by atoms with Gasteiger partial charge >= 0.3 is 0 Å². The van der Waals surface area contributed by atoms with E-state index in [-0.39, 0.29) is 0 Å². The zero-order valence-corrected chi connectivity index (χ0v) is 6.72. The Morgan fingerprint density at radius 2 is 2.00 bits per heavy atom. The summed E-state index contributed by atoms with van der Waals surface area (Å²) in [7, 11) is 11.1. The number of thiol groups is 1. The molecule has 1 heterocycles. The number of thiophene rings is 1. The van der Waals surface area contributed by atoms with Gasteiger partial charge in [0, 0.05) is 4.21 Å². The molecule has 0 aromatic carbocycles. The highest BCUT2D eigenvalue weighted by Crippen LogP contribution is 2.09. The van der Waals surface area contributed by atoms with Crippen molar-refractivity contribution in [2.24, 2.45) is 0 Å². The van der Waals surface area contributed by atoms with Gasteiger partial charge in [0.25, 0.3) is 0 Å². The molecular formula is C5H4B2S2. The van der Waals surface area contributed by atoms with E-state index in [9.17, 15) is 0 Å². The third-order valence-electron chi connectivity index (χ3n) is 1.21. The largest absolute Gasteiger partial charge is 0.146 e. The van der Waals surface area contributed by atoms with E-state index in [4.69, 9.17) is 15.7 Å². The number of hydrogen-bond acceptors (Lipinski definition) is 2. The third kappa shape index (κ3) is 1.19. The highest BCUT2D eigenvalue weighted by Gasteiger charge is 2.02. The SMILES string of the molecule is [B]c1sc(S)c([B])c1C. The van der Waals surface area contributed by atoms with Crippen LogP contribution in [0, 0.1) is 6.92 Å². The molecule has 0 saturated heterocycles. The van der Waals surface area contributed by atoms with Gasteiger partial charge in [-0.15, -0.1) is 24.0 Å². The molecule has 42 valence electrons. The lowest BCUT2D eigenvalue weighted by Gasteiger charge is -1.89. The van der Waals surface area contributed by atoms with E-state index >= 15 is 0 Å². The van der Waals surface area contributed by atoms with E-state index in [0.717, 1.165) is 14.5 Å². The van der Waals surface area contributed by atoms with Crippen molar-refractivity contribution < 1.29 is 0 Å². The Bertz CT molecular complexity index is 207. The highest BCUT2D eigenvalue weighted by atomic mass is 32.2. The molecule has 9 heavy (non-hydrogen) atoms. The molecule has 0 amide bonds. The van der Waals surface area contributed by atoms with Crippen molar-refractivity contribution in [2.45, 2.75) is 11.1 Å². The van der Waals surface area contributed by atoms with Gasteiger partial charge in [-0.1, -0.05) is 11.0 Å². The Morgan fingerprint density at radius 1 is 1.44 bits per heavy atom. The van der Waals surface area contributed by atoms with Crippen LogP contribution in [0.3, 0.4) is 0 Å². The van der Waals surface area contributed by atoms with Crippen molar-refractivity contribution in [3.63, 3.8) is 0 Å². The van der Waals surface area contributed by atoms with Crippen LogP contribution in [-0.4, -0.2) is 15.7 Å². The Balaban J connectivity index is 3.29. The maximum absolute atomic E-state index is 5.56. The molecule has 0 unspecified atom stereocenters. The summed E-state index contributed by atoms with van der Waals surface area (Å²) in [5, 5.41) is 0. The molecule has 0 atom stereocenters. The first-order valence-electron chi connectivity index (χ1n) is 2.46. The van der Waals surface area contributed by atoms with Crippen LogP contribution in [0.1, 0.15) is 5.56 Å². The molecule has 0 aliphatic rings. The lowest BCUT2D eigenvalue weighted by molar-refractivity contribution is 1.60. The standard InChI is InChI=1S/C5H4B2S2/c1-2-3(6)5(8)9-4(2)7/h8H,1H3. The molecule has 1 aromatic heterocycles. The summed E-state index contributed by atoms with van der Waals surface area (Å²) >= 11 is 5.51. The summed E-state index contributed by atoms with van der Waals surface area (Å²) in [5.41, 5.74) is 1.66. The molecule has 4 radical (unpaired) electrons. The topological polar surface area (TPSA) is 0 Å². The Morgan fingerprint density at radius 3 is 2.11 bits per heavy atom. The molecule has 0 aliphatic carbocycles.